The maximum Gasteiger partial charge on any atom is 0.182 e. The van der Waals surface area contributed by atoms with Gasteiger partial charge in [-0.3, -0.25) is 0 Å². The highest BCUT2D eigenvalue weighted by Gasteiger charge is 2.03. The molecule has 0 spiro atoms. The van der Waals surface area contributed by atoms with Crippen LogP contribution in [-0.4, -0.2) is 15.2 Å². The summed E-state index contributed by atoms with van der Waals surface area (Å²) in [4.78, 5) is 4.16. The van der Waals surface area contributed by atoms with Crippen LogP contribution in [0.5, 0.6) is 0 Å². The summed E-state index contributed by atoms with van der Waals surface area (Å²) in [6, 6.07) is 1.93. The summed E-state index contributed by atoms with van der Waals surface area (Å²) in [6.45, 7) is 0. The van der Waals surface area contributed by atoms with Crippen molar-refractivity contribution >= 4 is 56.2 Å². The highest BCUT2D eigenvalue weighted by atomic mass is 127. The molecule has 0 saturated heterocycles. The largest absolute Gasteiger partial charge is 0.234 e. The van der Waals surface area contributed by atoms with Crippen LogP contribution in [0, 0.1) is 7.14 Å². The molecule has 0 N–H and O–H groups in total. The molecule has 0 saturated carbocycles. The van der Waals surface area contributed by atoms with Gasteiger partial charge in [0.15, 0.2) is 5.65 Å². The minimum absolute atomic E-state index is 0.710. The van der Waals surface area contributed by atoms with Crippen molar-refractivity contribution in [2.24, 2.45) is 0 Å². The van der Waals surface area contributed by atoms with Crippen LogP contribution in [-0.2, 0) is 0 Å². The molecular formula is C7H3I2N3. The van der Waals surface area contributed by atoms with Gasteiger partial charge in [-0.25, -0.2) is 4.98 Å². The van der Waals surface area contributed by atoms with E-state index in [-0.39, 0.29) is 0 Å². The number of aromatic nitrogens is 3. The quantitative estimate of drug-likeness (QED) is 0.656. The van der Waals surface area contributed by atoms with Crippen molar-refractivity contribution in [3.63, 3.8) is 0 Å². The number of halogens is 2. The molecule has 12 heavy (non-hydrogen) atoms. The topological polar surface area (TPSA) is 38.7 Å². The predicted molar refractivity (Wildman–Crippen MR) is 62.8 cm³/mol. The fourth-order valence-electron chi connectivity index (χ4n) is 0.894. The summed E-state index contributed by atoms with van der Waals surface area (Å²) in [5.74, 6) is 0. The number of hydrogen-bond acceptors (Lipinski definition) is 3. The highest BCUT2D eigenvalue weighted by Crippen LogP contribution is 2.21. The lowest BCUT2D eigenvalue weighted by Crippen LogP contribution is -1.90. The van der Waals surface area contributed by atoms with Gasteiger partial charge in [0.2, 0.25) is 0 Å². The first-order valence-electron chi connectivity index (χ1n) is 3.20. The van der Waals surface area contributed by atoms with E-state index in [2.05, 4.69) is 60.4 Å². The molecule has 0 amide bonds. The second-order valence-corrected chi connectivity index (χ2v) is 4.43. The normalized spacial score (nSPS) is 10.5. The summed E-state index contributed by atoms with van der Waals surface area (Å²) in [7, 11) is 0. The molecule has 0 unspecified atom stereocenters. The molecule has 0 bridgehead atoms. The third-order valence-corrected chi connectivity index (χ3v) is 4.46. The Balaban J connectivity index is 2.91. The SMILES string of the molecule is Ic1cnc2nnccc2c1I. The molecule has 0 fully saturated rings. The first kappa shape index (κ1) is 8.54. The van der Waals surface area contributed by atoms with Crippen LogP contribution >= 0.6 is 45.2 Å². The number of nitrogens with zero attached hydrogens (tertiary/aromatic N) is 3. The fourth-order valence-corrected chi connectivity index (χ4v) is 1.88. The Morgan fingerprint density at radius 2 is 2.08 bits per heavy atom. The zero-order valence-corrected chi connectivity index (χ0v) is 10.1. The second-order valence-electron chi connectivity index (χ2n) is 2.19. The molecule has 0 aromatic carbocycles. The minimum atomic E-state index is 0.710. The molecule has 0 radical (unpaired) electrons. The van der Waals surface area contributed by atoms with Gasteiger partial charge in [0.05, 0.1) is 6.20 Å². The highest BCUT2D eigenvalue weighted by molar-refractivity contribution is 14.1. The van der Waals surface area contributed by atoms with Crippen molar-refractivity contribution in [3.05, 3.63) is 25.6 Å². The van der Waals surface area contributed by atoms with Crippen LogP contribution in [0.2, 0.25) is 0 Å². The zero-order valence-electron chi connectivity index (χ0n) is 5.83. The monoisotopic (exact) mass is 383 g/mol. The van der Waals surface area contributed by atoms with Gasteiger partial charge in [0.1, 0.15) is 0 Å². The van der Waals surface area contributed by atoms with Gasteiger partial charge in [0, 0.05) is 18.7 Å². The third kappa shape index (κ3) is 1.39. The molecule has 60 valence electrons. The van der Waals surface area contributed by atoms with Crippen LogP contribution in [0.25, 0.3) is 11.0 Å². The van der Waals surface area contributed by atoms with Crippen LogP contribution in [0.4, 0.5) is 0 Å². The maximum atomic E-state index is 4.16. The molecule has 2 aromatic heterocycles. The molecule has 3 nitrogen and oxygen atoms in total. The van der Waals surface area contributed by atoms with Crippen LogP contribution < -0.4 is 0 Å². The maximum absolute atomic E-state index is 4.16. The Morgan fingerprint density at radius 1 is 1.25 bits per heavy atom. The number of pyridine rings is 1. The van der Waals surface area contributed by atoms with Gasteiger partial charge in [-0.2, -0.15) is 5.10 Å². The standard InChI is InChI=1S/C7H3I2N3/c8-5-3-10-7-4(6(5)9)1-2-11-12-7/h1-3H. The molecule has 0 aliphatic rings. The fraction of sp³-hybridized carbons (Fsp3) is 0. The van der Waals surface area contributed by atoms with Crippen molar-refractivity contribution < 1.29 is 0 Å². The summed E-state index contributed by atoms with van der Waals surface area (Å²) in [5, 5.41) is 8.75. The lowest BCUT2D eigenvalue weighted by atomic mass is 10.3. The van der Waals surface area contributed by atoms with Crippen molar-refractivity contribution in [3.8, 4) is 0 Å². The van der Waals surface area contributed by atoms with E-state index in [1.54, 1.807) is 12.4 Å². The van der Waals surface area contributed by atoms with E-state index < -0.39 is 0 Å². The summed E-state index contributed by atoms with van der Waals surface area (Å²) >= 11 is 4.54. The van der Waals surface area contributed by atoms with Gasteiger partial charge in [-0.1, -0.05) is 0 Å². The lowest BCUT2D eigenvalue weighted by Gasteiger charge is -1.98. The Labute approximate surface area is 96.3 Å². The molecular weight excluding hydrogens is 380 g/mol. The van der Waals surface area contributed by atoms with Crippen LogP contribution in [0.3, 0.4) is 0 Å². The Kier molecular flexibility index (Phi) is 2.40. The van der Waals surface area contributed by atoms with E-state index in [1.165, 1.54) is 3.57 Å². The van der Waals surface area contributed by atoms with Gasteiger partial charge >= 0.3 is 0 Å². The van der Waals surface area contributed by atoms with E-state index in [4.69, 9.17) is 0 Å². The first-order valence-corrected chi connectivity index (χ1v) is 5.36. The Morgan fingerprint density at radius 3 is 2.92 bits per heavy atom. The van der Waals surface area contributed by atoms with Crippen molar-refractivity contribution in [1.29, 1.82) is 0 Å². The molecule has 2 rings (SSSR count). The number of hydrogen-bond donors (Lipinski definition) is 0. The van der Waals surface area contributed by atoms with Crippen molar-refractivity contribution in [2.45, 2.75) is 0 Å². The second kappa shape index (κ2) is 3.36. The summed E-state index contributed by atoms with van der Waals surface area (Å²) < 4.78 is 2.34. The summed E-state index contributed by atoms with van der Waals surface area (Å²) in [5.41, 5.74) is 0.710. The molecule has 2 aromatic rings. The minimum Gasteiger partial charge on any atom is -0.234 e. The average molecular weight is 383 g/mol. The van der Waals surface area contributed by atoms with Gasteiger partial charge < -0.3 is 0 Å². The van der Waals surface area contributed by atoms with Crippen molar-refractivity contribution in [2.75, 3.05) is 0 Å². The molecule has 0 atom stereocenters. The van der Waals surface area contributed by atoms with E-state index >= 15 is 0 Å². The van der Waals surface area contributed by atoms with Gasteiger partial charge in [-0.05, 0) is 51.2 Å². The predicted octanol–water partition coefficient (Wildman–Crippen LogP) is 2.23. The third-order valence-electron chi connectivity index (χ3n) is 1.45. The lowest BCUT2D eigenvalue weighted by molar-refractivity contribution is 1.05. The van der Waals surface area contributed by atoms with Crippen LogP contribution in [0.15, 0.2) is 18.5 Å². The molecule has 0 aliphatic heterocycles. The van der Waals surface area contributed by atoms with E-state index in [9.17, 15) is 0 Å². The Bertz CT molecular complexity index is 430. The van der Waals surface area contributed by atoms with Crippen molar-refractivity contribution in [1.82, 2.24) is 15.2 Å². The van der Waals surface area contributed by atoms with Gasteiger partial charge in [0.25, 0.3) is 0 Å². The molecule has 5 heteroatoms. The van der Waals surface area contributed by atoms with Crippen LogP contribution in [0.1, 0.15) is 0 Å². The molecule has 2 heterocycles. The van der Waals surface area contributed by atoms with E-state index in [1.807, 2.05) is 6.07 Å². The zero-order chi connectivity index (χ0) is 8.55. The number of rotatable bonds is 0. The number of fused-ring (bicyclic) bond motifs is 1. The van der Waals surface area contributed by atoms with E-state index in [0.29, 0.717) is 5.65 Å². The molecule has 0 aliphatic carbocycles. The Hall–Kier alpha value is -0.0500. The first-order chi connectivity index (χ1) is 5.79. The summed E-state index contributed by atoms with van der Waals surface area (Å²) in [6.07, 6.45) is 3.49. The average Bonchev–Trinajstić information content (AvgIpc) is 2.12. The van der Waals surface area contributed by atoms with Gasteiger partial charge in [-0.15, -0.1) is 5.10 Å². The smallest absolute Gasteiger partial charge is 0.182 e. The van der Waals surface area contributed by atoms with E-state index in [0.717, 1.165) is 8.96 Å².